The molecule has 1 aliphatic heterocycles. The van der Waals surface area contributed by atoms with Gasteiger partial charge in [0.05, 0.1) is 11.9 Å². The van der Waals surface area contributed by atoms with E-state index in [0.29, 0.717) is 18.6 Å². The highest BCUT2D eigenvalue weighted by Gasteiger charge is 2.23. The minimum Gasteiger partial charge on any atom is -0.380 e. The molecule has 1 aromatic carbocycles. The van der Waals surface area contributed by atoms with Crippen LogP contribution in [0.1, 0.15) is 31.2 Å². The van der Waals surface area contributed by atoms with Crippen LogP contribution in [0.15, 0.2) is 36.7 Å². The molecule has 1 aromatic heterocycles. The number of aryl methyl sites for hydroxylation is 1. The minimum absolute atomic E-state index is 0.0496. The maximum atomic E-state index is 11.9. The molecule has 26 heavy (non-hydrogen) atoms. The molecule has 0 atom stereocenters. The van der Waals surface area contributed by atoms with Crippen LogP contribution in [0.5, 0.6) is 0 Å². The highest BCUT2D eigenvalue weighted by atomic mass is 16.2. The molecule has 2 N–H and O–H groups in total. The van der Waals surface area contributed by atoms with Gasteiger partial charge in [0.1, 0.15) is 6.54 Å². The summed E-state index contributed by atoms with van der Waals surface area (Å²) in [6, 6.07) is 9.62. The predicted octanol–water partition coefficient (Wildman–Crippen LogP) is 2.55. The lowest BCUT2D eigenvalue weighted by atomic mass is 10.0. The van der Waals surface area contributed by atoms with Crippen LogP contribution in [0.3, 0.4) is 0 Å². The third-order valence-corrected chi connectivity index (χ3v) is 5.15. The average molecular weight is 353 g/mol. The molecule has 1 aliphatic carbocycles. The van der Waals surface area contributed by atoms with Gasteiger partial charge in [-0.25, -0.2) is 0 Å². The van der Waals surface area contributed by atoms with Crippen LogP contribution in [0.25, 0.3) is 0 Å². The molecule has 6 heteroatoms. The first-order valence-corrected chi connectivity index (χ1v) is 9.56. The summed E-state index contributed by atoms with van der Waals surface area (Å²) in [4.78, 5) is 14.3. The third kappa shape index (κ3) is 4.36. The van der Waals surface area contributed by atoms with E-state index in [1.54, 1.807) is 4.68 Å². The number of piperidine rings is 1. The molecular weight excluding hydrogens is 326 g/mol. The quantitative estimate of drug-likeness (QED) is 0.838. The number of hydrogen-bond donors (Lipinski definition) is 2. The maximum Gasteiger partial charge on any atom is 0.241 e. The number of hydrogen-bond acceptors (Lipinski definition) is 4. The van der Waals surface area contributed by atoms with Crippen LogP contribution < -0.4 is 15.5 Å². The van der Waals surface area contributed by atoms with Crippen LogP contribution >= 0.6 is 0 Å². The fourth-order valence-corrected chi connectivity index (χ4v) is 3.45. The van der Waals surface area contributed by atoms with Crippen molar-refractivity contribution < 1.29 is 4.79 Å². The molecule has 2 aromatic rings. The lowest BCUT2D eigenvalue weighted by Crippen LogP contribution is -2.39. The summed E-state index contributed by atoms with van der Waals surface area (Å²) in [5, 5.41) is 10.9. The number of benzene rings is 1. The Morgan fingerprint density at radius 3 is 2.54 bits per heavy atom. The predicted molar refractivity (Wildman–Crippen MR) is 103 cm³/mol. The monoisotopic (exact) mass is 353 g/mol. The first-order valence-electron chi connectivity index (χ1n) is 9.56. The maximum absolute atomic E-state index is 11.9. The van der Waals surface area contributed by atoms with E-state index >= 15 is 0 Å². The number of carbonyl (C=O) groups excluding carboxylic acids is 1. The summed E-state index contributed by atoms with van der Waals surface area (Å²) in [7, 11) is 0. The summed E-state index contributed by atoms with van der Waals surface area (Å²) in [5.41, 5.74) is 3.61. The Balaban J connectivity index is 1.25. The molecular formula is C20H27N5O. The highest BCUT2D eigenvalue weighted by molar-refractivity contribution is 5.76. The summed E-state index contributed by atoms with van der Waals surface area (Å²) < 4.78 is 1.71. The van der Waals surface area contributed by atoms with Crippen LogP contribution in [0.4, 0.5) is 11.4 Å². The van der Waals surface area contributed by atoms with Crippen molar-refractivity contribution in [3.63, 3.8) is 0 Å². The van der Waals surface area contributed by atoms with Crippen LogP contribution in [-0.4, -0.2) is 40.9 Å². The number of carbonyl (C=O) groups is 1. The standard InChI is InChI=1S/C20H27N5O/c1-15-2-6-19(7-3-15)24-10-8-17(9-11-24)22-18-12-21-25(13-18)14-20(26)23-16-4-5-16/h2-3,6-7,12-13,16-17,22H,4-5,8-11,14H2,1H3,(H,23,26). The molecule has 138 valence electrons. The van der Waals surface area contributed by atoms with Crippen molar-refractivity contribution >= 4 is 17.3 Å². The first-order chi connectivity index (χ1) is 12.7. The van der Waals surface area contributed by atoms with Crippen molar-refractivity contribution in [1.82, 2.24) is 15.1 Å². The largest absolute Gasteiger partial charge is 0.380 e. The molecule has 1 saturated heterocycles. The second kappa shape index (κ2) is 7.40. The van der Waals surface area contributed by atoms with E-state index in [2.05, 4.69) is 51.8 Å². The molecule has 4 rings (SSSR count). The van der Waals surface area contributed by atoms with Crippen molar-refractivity contribution in [3.8, 4) is 0 Å². The van der Waals surface area contributed by atoms with Crippen molar-refractivity contribution in [2.45, 2.75) is 51.2 Å². The number of nitrogens with zero attached hydrogens (tertiary/aromatic N) is 3. The lowest BCUT2D eigenvalue weighted by Gasteiger charge is -2.34. The first kappa shape index (κ1) is 16.9. The third-order valence-electron chi connectivity index (χ3n) is 5.15. The van der Waals surface area contributed by atoms with Gasteiger partial charge in [0.15, 0.2) is 0 Å². The molecule has 6 nitrogen and oxygen atoms in total. The number of aromatic nitrogens is 2. The van der Waals surface area contributed by atoms with E-state index in [1.165, 1.54) is 11.3 Å². The van der Waals surface area contributed by atoms with Crippen molar-refractivity contribution in [3.05, 3.63) is 42.2 Å². The Morgan fingerprint density at radius 1 is 1.12 bits per heavy atom. The Labute approximate surface area is 154 Å². The van der Waals surface area contributed by atoms with E-state index < -0.39 is 0 Å². The highest BCUT2D eigenvalue weighted by Crippen LogP contribution is 2.22. The molecule has 2 aliphatic rings. The lowest BCUT2D eigenvalue weighted by molar-refractivity contribution is -0.122. The molecule has 0 bridgehead atoms. The van der Waals surface area contributed by atoms with Gasteiger partial charge in [-0.1, -0.05) is 17.7 Å². The fraction of sp³-hybridized carbons (Fsp3) is 0.500. The molecule has 1 amide bonds. The zero-order chi connectivity index (χ0) is 17.9. The molecule has 0 spiro atoms. The van der Waals surface area contributed by atoms with E-state index in [4.69, 9.17) is 0 Å². The van der Waals surface area contributed by atoms with Gasteiger partial charge in [0, 0.05) is 37.1 Å². The van der Waals surface area contributed by atoms with Gasteiger partial charge in [0.2, 0.25) is 5.91 Å². The van der Waals surface area contributed by atoms with E-state index in [-0.39, 0.29) is 5.91 Å². The van der Waals surface area contributed by atoms with Crippen molar-refractivity contribution in [2.24, 2.45) is 0 Å². The Kier molecular flexibility index (Phi) is 4.82. The topological polar surface area (TPSA) is 62.2 Å². The van der Waals surface area contributed by atoms with Gasteiger partial charge >= 0.3 is 0 Å². The smallest absolute Gasteiger partial charge is 0.241 e. The summed E-state index contributed by atoms with van der Waals surface area (Å²) in [6.45, 7) is 4.52. The van der Waals surface area contributed by atoms with E-state index in [9.17, 15) is 4.79 Å². The van der Waals surface area contributed by atoms with Crippen molar-refractivity contribution in [1.29, 1.82) is 0 Å². The van der Waals surface area contributed by atoms with Crippen LogP contribution in [0.2, 0.25) is 0 Å². The summed E-state index contributed by atoms with van der Waals surface area (Å²) in [6.07, 6.45) is 8.16. The molecule has 2 fully saturated rings. The van der Waals surface area contributed by atoms with Gasteiger partial charge in [-0.3, -0.25) is 9.48 Å². The SMILES string of the molecule is Cc1ccc(N2CCC(Nc3cnn(CC(=O)NC4CC4)c3)CC2)cc1. The molecule has 2 heterocycles. The minimum atomic E-state index is 0.0496. The molecule has 1 saturated carbocycles. The van der Waals surface area contributed by atoms with Gasteiger partial charge in [-0.05, 0) is 44.7 Å². The Morgan fingerprint density at radius 2 is 1.85 bits per heavy atom. The number of amides is 1. The average Bonchev–Trinajstić information content (AvgIpc) is 3.34. The summed E-state index contributed by atoms with van der Waals surface area (Å²) >= 11 is 0. The van der Waals surface area contributed by atoms with Gasteiger partial charge < -0.3 is 15.5 Å². The zero-order valence-corrected chi connectivity index (χ0v) is 15.3. The second-order valence-electron chi connectivity index (χ2n) is 7.51. The van der Waals surface area contributed by atoms with E-state index in [1.807, 2.05) is 12.4 Å². The van der Waals surface area contributed by atoms with Gasteiger partial charge in [-0.2, -0.15) is 5.10 Å². The number of rotatable bonds is 6. The van der Waals surface area contributed by atoms with Crippen LogP contribution in [-0.2, 0) is 11.3 Å². The normalized spacial score (nSPS) is 18.0. The molecule has 0 unspecified atom stereocenters. The Bertz CT molecular complexity index is 742. The van der Waals surface area contributed by atoms with Gasteiger partial charge in [0.25, 0.3) is 0 Å². The Hall–Kier alpha value is -2.50. The summed E-state index contributed by atoms with van der Waals surface area (Å²) in [5.74, 6) is 0.0496. The van der Waals surface area contributed by atoms with E-state index in [0.717, 1.165) is 44.5 Å². The van der Waals surface area contributed by atoms with Crippen LogP contribution in [0, 0.1) is 6.92 Å². The molecule has 0 radical (unpaired) electrons. The number of nitrogens with one attached hydrogen (secondary N) is 2. The number of anilines is 2. The van der Waals surface area contributed by atoms with Crippen molar-refractivity contribution in [2.75, 3.05) is 23.3 Å². The fourth-order valence-electron chi connectivity index (χ4n) is 3.45. The zero-order valence-electron chi connectivity index (χ0n) is 15.3. The second-order valence-corrected chi connectivity index (χ2v) is 7.51. The van der Waals surface area contributed by atoms with Gasteiger partial charge in [-0.15, -0.1) is 0 Å².